The van der Waals surface area contributed by atoms with Gasteiger partial charge in [-0.05, 0) is 31.2 Å². The van der Waals surface area contributed by atoms with Gasteiger partial charge < -0.3 is 9.47 Å². The third-order valence-corrected chi connectivity index (χ3v) is 3.84. The van der Waals surface area contributed by atoms with Crippen LogP contribution in [0, 0.1) is 0 Å². The lowest BCUT2D eigenvalue weighted by Gasteiger charge is -2.22. The predicted octanol–water partition coefficient (Wildman–Crippen LogP) is 4.86. The molecule has 0 bridgehead atoms. The molecule has 1 heterocycles. The van der Waals surface area contributed by atoms with Crippen molar-refractivity contribution in [3.05, 3.63) is 35.3 Å². The lowest BCUT2D eigenvalue weighted by Crippen LogP contribution is -2.45. The second-order valence-corrected chi connectivity index (χ2v) is 5.72. The molecule has 0 spiro atoms. The van der Waals surface area contributed by atoms with Crippen molar-refractivity contribution in [3.63, 3.8) is 0 Å². The molecule has 0 aliphatic rings. The van der Waals surface area contributed by atoms with Crippen LogP contribution in [0.2, 0.25) is 0 Å². The SMILES string of the molecule is CCOc1ccc(-c2nc(C(=O)OC(C(F)(F)F)C(F)(F)F)cs2)cc1. The van der Waals surface area contributed by atoms with E-state index in [0.29, 0.717) is 17.9 Å². The van der Waals surface area contributed by atoms with Crippen molar-refractivity contribution in [2.45, 2.75) is 25.4 Å². The number of halogens is 6. The zero-order valence-corrected chi connectivity index (χ0v) is 13.8. The maximum atomic E-state index is 12.4. The highest BCUT2D eigenvalue weighted by Gasteiger charge is 2.60. The molecule has 26 heavy (non-hydrogen) atoms. The average Bonchev–Trinajstić information content (AvgIpc) is 3.01. The van der Waals surface area contributed by atoms with Gasteiger partial charge in [0.15, 0.2) is 5.69 Å². The number of esters is 1. The van der Waals surface area contributed by atoms with Crippen molar-refractivity contribution in [1.82, 2.24) is 4.98 Å². The van der Waals surface area contributed by atoms with Gasteiger partial charge in [-0.3, -0.25) is 0 Å². The number of thiazole rings is 1. The first-order valence-corrected chi connectivity index (χ1v) is 7.93. The topological polar surface area (TPSA) is 48.4 Å². The first-order valence-electron chi connectivity index (χ1n) is 7.05. The standard InChI is InChI=1S/C15H11F6NO3S/c1-2-24-9-5-3-8(4-6-9)11-22-10(7-26-11)12(23)25-13(14(16,17)18)15(19,20)21/h3-7,13H,2H2,1H3. The molecule has 0 atom stereocenters. The summed E-state index contributed by atoms with van der Waals surface area (Å²) >= 11 is 0.877. The number of hydrogen-bond acceptors (Lipinski definition) is 5. The lowest BCUT2D eigenvalue weighted by molar-refractivity contribution is -0.307. The zero-order chi connectivity index (χ0) is 19.5. The van der Waals surface area contributed by atoms with Crippen molar-refractivity contribution in [2.75, 3.05) is 6.61 Å². The van der Waals surface area contributed by atoms with Crippen LogP contribution in [0.15, 0.2) is 29.6 Å². The second-order valence-electron chi connectivity index (χ2n) is 4.86. The molecular weight excluding hydrogens is 388 g/mol. The number of benzene rings is 1. The van der Waals surface area contributed by atoms with Crippen molar-refractivity contribution in [1.29, 1.82) is 0 Å². The number of nitrogens with zero attached hydrogens (tertiary/aromatic N) is 1. The van der Waals surface area contributed by atoms with Crippen LogP contribution in [0.4, 0.5) is 26.3 Å². The van der Waals surface area contributed by atoms with Gasteiger partial charge in [0.05, 0.1) is 6.61 Å². The fraction of sp³-hybridized carbons (Fsp3) is 0.333. The van der Waals surface area contributed by atoms with E-state index in [4.69, 9.17) is 4.74 Å². The van der Waals surface area contributed by atoms with Crippen LogP contribution >= 0.6 is 11.3 Å². The number of rotatable bonds is 5. The van der Waals surface area contributed by atoms with E-state index in [1.807, 2.05) is 0 Å². The maximum Gasteiger partial charge on any atom is 0.434 e. The van der Waals surface area contributed by atoms with Gasteiger partial charge in [-0.15, -0.1) is 11.3 Å². The second kappa shape index (κ2) is 7.52. The molecule has 0 fully saturated rings. The van der Waals surface area contributed by atoms with Crippen LogP contribution in [-0.4, -0.2) is 36.0 Å². The first-order chi connectivity index (χ1) is 12.0. The number of carbonyl (C=O) groups excluding carboxylic acids is 1. The lowest BCUT2D eigenvalue weighted by atomic mass is 10.2. The molecule has 11 heteroatoms. The monoisotopic (exact) mass is 399 g/mol. The Morgan fingerprint density at radius 2 is 1.69 bits per heavy atom. The number of hydrogen-bond donors (Lipinski definition) is 0. The van der Waals surface area contributed by atoms with E-state index in [9.17, 15) is 31.1 Å². The van der Waals surface area contributed by atoms with Crippen molar-refractivity contribution >= 4 is 17.3 Å². The normalized spacial score (nSPS) is 12.3. The summed E-state index contributed by atoms with van der Waals surface area (Å²) in [6, 6.07) is 6.41. The number of ether oxygens (including phenoxy) is 2. The molecule has 2 rings (SSSR count). The summed E-state index contributed by atoms with van der Waals surface area (Å²) in [7, 11) is 0. The van der Waals surface area contributed by atoms with Gasteiger partial charge >= 0.3 is 18.3 Å². The van der Waals surface area contributed by atoms with E-state index in [1.165, 1.54) is 0 Å². The highest BCUT2D eigenvalue weighted by Crippen LogP contribution is 2.36. The van der Waals surface area contributed by atoms with Gasteiger partial charge in [0.2, 0.25) is 0 Å². The van der Waals surface area contributed by atoms with Crippen LogP contribution in [-0.2, 0) is 4.74 Å². The van der Waals surface area contributed by atoms with Gasteiger partial charge in [-0.2, -0.15) is 26.3 Å². The molecule has 0 aliphatic heterocycles. The van der Waals surface area contributed by atoms with E-state index >= 15 is 0 Å². The van der Waals surface area contributed by atoms with E-state index in [0.717, 1.165) is 16.7 Å². The van der Waals surface area contributed by atoms with Gasteiger partial charge in [0.1, 0.15) is 10.8 Å². The summed E-state index contributed by atoms with van der Waals surface area (Å²) in [5.74, 6) is -1.23. The largest absolute Gasteiger partial charge is 0.494 e. The Hall–Kier alpha value is -2.30. The van der Waals surface area contributed by atoms with E-state index in [-0.39, 0.29) is 5.01 Å². The Bertz CT molecular complexity index is 740. The minimum atomic E-state index is -5.78. The molecule has 0 radical (unpaired) electrons. The third-order valence-electron chi connectivity index (χ3n) is 2.95. The smallest absolute Gasteiger partial charge is 0.434 e. The summed E-state index contributed by atoms with van der Waals surface area (Å²) in [5.41, 5.74) is -0.127. The Kier molecular flexibility index (Phi) is 5.79. The molecule has 0 saturated carbocycles. The fourth-order valence-corrected chi connectivity index (χ4v) is 2.64. The molecule has 0 N–H and O–H groups in total. The van der Waals surface area contributed by atoms with Crippen LogP contribution in [0.3, 0.4) is 0 Å². The molecule has 0 amide bonds. The van der Waals surface area contributed by atoms with Crippen LogP contribution in [0.25, 0.3) is 10.6 Å². The van der Waals surface area contributed by atoms with Crippen molar-refractivity contribution in [3.8, 4) is 16.3 Å². The molecule has 0 saturated heterocycles. The number of alkyl halides is 6. The molecule has 4 nitrogen and oxygen atoms in total. The van der Waals surface area contributed by atoms with Gasteiger partial charge in [0.25, 0.3) is 6.10 Å². The third kappa shape index (κ3) is 4.87. The van der Waals surface area contributed by atoms with Gasteiger partial charge in [0, 0.05) is 10.9 Å². The molecule has 1 aromatic heterocycles. The Balaban J connectivity index is 2.16. The van der Waals surface area contributed by atoms with Crippen LogP contribution in [0.5, 0.6) is 5.75 Å². The number of aromatic nitrogens is 1. The van der Waals surface area contributed by atoms with E-state index in [2.05, 4.69) is 9.72 Å². The van der Waals surface area contributed by atoms with Crippen molar-refractivity contribution < 1.29 is 40.6 Å². The summed E-state index contributed by atoms with van der Waals surface area (Å²) in [6.45, 7) is 2.24. The molecule has 0 unspecified atom stereocenters. The fourth-order valence-electron chi connectivity index (χ4n) is 1.85. The Morgan fingerprint density at radius 3 is 2.19 bits per heavy atom. The van der Waals surface area contributed by atoms with Gasteiger partial charge in [-0.25, -0.2) is 9.78 Å². The molecule has 142 valence electrons. The molecule has 0 aliphatic carbocycles. The quantitative estimate of drug-likeness (QED) is 0.532. The predicted molar refractivity (Wildman–Crippen MR) is 80.0 cm³/mol. The van der Waals surface area contributed by atoms with Crippen molar-refractivity contribution in [2.24, 2.45) is 0 Å². The molecule has 1 aromatic carbocycles. The maximum absolute atomic E-state index is 12.4. The summed E-state index contributed by atoms with van der Waals surface area (Å²) < 4.78 is 83.5. The van der Waals surface area contributed by atoms with Gasteiger partial charge in [-0.1, -0.05) is 0 Å². The average molecular weight is 399 g/mol. The summed E-state index contributed by atoms with van der Waals surface area (Å²) in [6.07, 6.45) is -15.8. The summed E-state index contributed by atoms with van der Waals surface area (Å²) in [5, 5.41) is 1.26. The van der Waals surface area contributed by atoms with Crippen LogP contribution in [0.1, 0.15) is 17.4 Å². The van der Waals surface area contributed by atoms with Crippen LogP contribution < -0.4 is 4.74 Å². The minimum Gasteiger partial charge on any atom is -0.494 e. The first kappa shape index (κ1) is 20.0. The van der Waals surface area contributed by atoms with E-state index in [1.54, 1.807) is 31.2 Å². The molecular formula is C15H11F6NO3S. The number of carbonyl (C=O) groups is 1. The van der Waals surface area contributed by atoms with E-state index < -0.39 is 30.1 Å². The molecule has 2 aromatic rings. The zero-order valence-electron chi connectivity index (χ0n) is 13.0. The minimum absolute atomic E-state index is 0.232. The Morgan fingerprint density at radius 1 is 1.12 bits per heavy atom. The Labute approximate surface area is 147 Å². The highest BCUT2D eigenvalue weighted by molar-refractivity contribution is 7.13. The summed E-state index contributed by atoms with van der Waals surface area (Å²) in [4.78, 5) is 15.4. The highest BCUT2D eigenvalue weighted by atomic mass is 32.1.